The van der Waals surface area contributed by atoms with Crippen LogP contribution >= 0.6 is 0 Å². The average molecular weight is 295 g/mol. The summed E-state index contributed by atoms with van der Waals surface area (Å²) in [5.41, 5.74) is 1.05. The van der Waals surface area contributed by atoms with Crippen molar-refractivity contribution in [3.05, 3.63) is 23.8 Å². The molecule has 2 atom stereocenters. The maximum atomic E-state index is 5.97. The van der Waals surface area contributed by atoms with Crippen molar-refractivity contribution in [2.75, 3.05) is 27.9 Å². The molecule has 120 valence electrons. The molecule has 0 spiro atoms. The zero-order valence-electron chi connectivity index (χ0n) is 14.1. The quantitative estimate of drug-likeness (QED) is 0.758. The molecule has 4 nitrogen and oxygen atoms in total. The number of hydrogen-bond donors (Lipinski definition) is 1. The average Bonchev–Trinajstić information content (AvgIpc) is 2.46. The van der Waals surface area contributed by atoms with Gasteiger partial charge >= 0.3 is 0 Å². The first-order chi connectivity index (χ1) is 10.0. The van der Waals surface area contributed by atoms with E-state index in [0.29, 0.717) is 12.5 Å². The van der Waals surface area contributed by atoms with Gasteiger partial charge in [-0.05, 0) is 44.5 Å². The van der Waals surface area contributed by atoms with E-state index < -0.39 is 0 Å². The van der Waals surface area contributed by atoms with E-state index >= 15 is 0 Å². The third kappa shape index (κ3) is 5.56. The Morgan fingerprint density at radius 1 is 1.10 bits per heavy atom. The molecule has 1 aromatic carbocycles. The lowest BCUT2D eigenvalue weighted by Crippen LogP contribution is -2.25. The van der Waals surface area contributed by atoms with Crippen LogP contribution in [0.1, 0.15) is 38.8 Å². The van der Waals surface area contributed by atoms with Gasteiger partial charge in [0.1, 0.15) is 11.5 Å². The molecule has 0 aliphatic carbocycles. The predicted octanol–water partition coefficient (Wildman–Crippen LogP) is 3.42. The van der Waals surface area contributed by atoms with Gasteiger partial charge in [-0.15, -0.1) is 0 Å². The topological polar surface area (TPSA) is 39.7 Å². The molecule has 1 aromatic rings. The molecule has 21 heavy (non-hydrogen) atoms. The van der Waals surface area contributed by atoms with Crippen molar-refractivity contribution in [2.24, 2.45) is 5.92 Å². The molecule has 1 rings (SSSR count). The van der Waals surface area contributed by atoms with Crippen molar-refractivity contribution >= 4 is 0 Å². The molecule has 0 aliphatic heterocycles. The zero-order chi connectivity index (χ0) is 15.8. The van der Waals surface area contributed by atoms with Crippen LogP contribution in [0.25, 0.3) is 0 Å². The third-order valence-electron chi connectivity index (χ3n) is 3.51. The first kappa shape index (κ1) is 17.8. The van der Waals surface area contributed by atoms with E-state index in [0.717, 1.165) is 23.5 Å². The maximum absolute atomic E-state index is 5.97. The SMILES string of the molecule is CNC(COC(C)CC(C)C)c1cc(OC)ccc1OC. The standard InChI is InChI=1S/C17H29NO3/c1-12(2)9-13(3)21-11-16(18-4)15-10-14(19-5)7-8-17(15)20-6/h7-8,10,12-13,16,18H,9,11H2,1-6H3. The Balaban J connectivity index is 2.79. The van der Waals surface area contributed by atoms with Crippen LogP contribution in [0.4, 0.5) is 0 Å². The van der Waals surface area contributed by atoms with E-state index in [1.165, 1.54) is 0 Å². The molecule has 4 heteroatoms. The van der Waals surface area contributed by atoms with Crippen molar-refractivity contribution in [3.63, 3.8) is 0 Å². The van der Waals surface area contributed by atoms with Crippen LogP contribution in [0.3, 0.4) is 0 Å². The van der Waals surface area contributed by atoms with Crippen molar-refractivity contribution in [1.82, 2.24) is 5.32 Å². The molecule has 1 N–H and O–H groups in total. The zero-order valence-corrected chi connectivity index (χ0v) is 14.1. The van der Waals surface area contributed by atoms with E-state index in [4.69, 9.17) is 14.2 Å². The number of nitrogens with one attached hydrogen (secondary N) is 1. The molecule has 0 fully saturated rings. The third-order valence-corrected chi connectivity index (χ3v) is 3.51. The number of likely N-dealkylation sites (N-methyl/N-ethyl adjacent to an activating group) is 1. The Morgan fingerprint density at radius 3 is 2.33 bits per heavy atom. The summed E-state index contributed by atoms with van der Waals surface area (Å²) < 4.78 is 16.7. The number of hydrogen-bond acceptors (Lipinski definition) is 4. The summed E-state index contributed by atoms with van der Waals surface area (Å²) in [6, 6.07) is 5.90. The van der Waals surface area contributed by atoms with E-state index in [1.807, 2.05) is 25.2 Å². The fourth-order valence-electron chi connectivity index (χ4n) is 2.43. The highest BCUT2D eigenvalue weighted by Gasteiger charge is 2.17. The second kappa shape index (κ2) is 8.90. The van der Waals surface area contributed by atoms with Gasteiger partial charge in [-0.2, -0.15) is 0 Å². The summed E-state index contributed by atoms with van der Waals surface area (Å²) >= 11 is 0. The lowest BCUT2D eigenvalue weighted by atomic mass is 10.0. The second-order valence-electron chi connectivity index (χ2n) is 5.72. The van der Waals surface area contributed by atoms with Gasteiger partial charge in [-0.25, -0.2) is 0 Å². The monoisotopic (exact) mass is 295 g/mol. The van der Waals surface area contributed by atoms with Gasteiger partial charge in [-0.1, -0.05) is 13.8 Å². The molecular formula is C17H29NO3. The Labute approximate surface area is 128 Å². The summed E-state index contributed by atoms with van der Waals surface area (Å²) in [6.07, 6.45) is 1.31. The Bertz CT molecular complexity index is 420. The van der Waals surface area contributed by atoms with Gasteiger partial charge in [0.25, 0.3) is 0 Å². The highest BCUT2D eigenvalue weighted by Crippen LogP contribution is 2.29. The molecule has 0 radical (unpaired) electrons. The molecule has 2 unspecified atom stereocenters. The smallest absolute Gasteiger partial charge is 0.123 e. The van der Waals surface area contributed by atoms with Crippen molar-refractivity contribution in [1.29, 1.82) is 0 Å². The van der Waals surface area contributed by atoms with Gasteiger partial charge in [0.2, 0.25) is 0 Å². The second-order valence-corrected chi connectivity index (χ2v) is 5.72. The predicted molar refractivity (Wildman–Crippen MR) is 86.2 cm³/mol. The molecule has 0 bridgehead atoms. The largest absolute Gasteiger partial charge is 0.497 e. The van der Waals surface area contributed by atoms with E-state index in [1.54, 1.807) is 14.2 Å². The number of methoxy groups -OCH3 is 2. The molecule has 0 saturated carbocycles. The minimum Gasteiger partial charge on any atom is -0.497 e. The first-order valence-electron chi connectivity index (χ1n) is 7.52. The van der Waals surface area contributed by atoms with Gasteiger partial charge in [-0.3, -0.25) is 0 Å². The molecule has 0 heterocycles. The van der Waals surface area contributed by atoms with Crippen LogP contribution in [0.5, 0.6) is 11.5 Å². The Hall–Kier alpha value is -1.26. The first-order valence-corrected chi connectivity index (χ1v) is 7.52. The maximum Gasteiger partial charge on any atom is 0.123 e. The molecular weight excluding hydrogens is 266 g/mol. The Morgan fingerprint density at radius 2 is 1.81 bits per heavy atom. The van der Waals surface area contributed by atoms with Crippen LogP contribution in [-0.2, 0) is 4.74 Å². The van der Waals surface area contributed by atoms with E-state index in [2.05, 4.69) is 26.1 Å². The van der Waals surface area contributed by atoms with Crippen molar-refractivity contribution in [2.45, 2.75) is 39.3 Å². The molecule has 0 amide bonds. The summed E-state index contributed by atoms with van der Waals surface area (Å²) in [7, 11) is 5.28. The Kier molecular flexibility index (Phi) is 7.54. The van der Waals surface area contributed by atoms with E-state index in [-0.39, 0.29) is 12.1 Å². The van der Waals surface area contributed by atoms with Crippen molar-refractivity contribution in [3.8, 4) is 11.5 Å². The van der Waals surface area contributed by atoms with Gasteiger partial charge in [0, 0.05) is 5.56 Å². The summed E-state index contributed by atoms with van der Waals surface area (Å²) in [4.78, 5) is 0. The van der Waals surface area contributed by atoms with Crippen LogP contribution in [0, 0.1) is 5.92 Å². The van der Waals surface area contributed by atoms with Crippen molar-refractivity contribution < 1.29 is 14.2 Å². The lowest BCUT2D eigenvalue weighted by Gasteiger charge is -2.23. The van der Waals surface area contributed by atoms with Crippen LogP contribution in [0.15, 0.2) is 18.2 Å². The fourth-order valence-corrected chi connectivity index (χ4v) is 2.43. The van der Waals surface area contributed by atoms with Gasteiger partial charge < -0.3 is 19.5 Å². The highest BCUT2D eigenvalue weighted by molar-refractivity contribution is 5.42. The molecule has 0 saturated heterocycles. The van der Waals surface area contributed by atoms with E-state index in [9.17, 15) is 0 Å². The van der Waals surface area contributed by atoms with Gasteiger partial charge in [0.15, 0.2) is 0 Å². The number of ether oxygens (including phenoxy) is 3. The van der Waals surface area contributed by atoms with Crippen LogP contribution in [0.2, 0.25) is 0 Å². The normalized spacial score (nSPS) is 14.0. The highest BCUT2D eigenvalue weighted by atomic mass is 16.5. The minimum absolute atomic E-state index is 0.0738. The number of benzene rings is 1. The lowest BCUT2D eigenvalue weighted by molar-refractivity contribution is 0.0379. The van der Waals surface area contributed by atoms with Crippen LogP contribution < -0.4 is 14.8 Å². The molecule has 0 aromatic heterocycles. The summed E-state index contributed by atoms with van der Waals surface area (Å²) in [6.45, 7) is 7.14. The summed E-state index contributed by atoms with van der Waals surface area (Å²) in [5, 5.41) is 3.29. The summed E-state index contributed by atoms with van der Waals surface area (Å²) in [5.74, 6) is 2.30. The number of rotatable bonds is 9. The van der Waals surface area contributed by atoms with Gasteiger partial charge in [0.05, 0.1) is 33.0 Å². The molecule has 0 aliphatic rings. The minimum atomic E-state index is 0.0738. The van der Waals surface area contributed by atoms with Crippen LogP contribution in [-0.4, -0.2) is 34.0 Å². The fraction of sp³-hybridized carbons (Fsp3) is 0.647.